The van der Waals surface area contributed by atoms with Crippen LogP contribution in [0, 0.1) is 0 Å². The molecule has 1 aromatic carbocycles. The minimum absolute atomic E-state index is 0.00356. The molecule has 24 heavy (non-hydrogen) atoms. The number of nitrogens with zero attached hydrogens (tertiary/aromatic N) is 1. The average Bonchev–Trinajstić information content (AvgIpc) is 2.53. The molecule has 1 amide bonds. The molecule has 0 fully saturated rings. The Kier molecular flexibility index (Phi) is 5.88. The van der Waals surface area contributed by atoms with Crippen molar-refractivity contribution in [3.63, 3.8) is 0 Å². The highest BCUT2D eigenvalue weighted by atomic mass is 32.2. The van der Waals surface area contributed by atoms with Gasteiger partial charge in [-0.15, -0.1) is 0 Å². The molecule has 1 aliphatic rings. The Labute approximate surface area is 154 Å². The van der Waals surface area contributed by atoms with E-state index in [1.807, 2.05) is 6.08 Å². The average molecular weight is 361 g/mol. The first kappa shape index (κ1) is 18.7. The predicted octanol–water partition coefficient (Wildman–Crippen LogP) is 4.49. The topological polar surface area (TPSA) is 32.3 Å². The Morgan fingerprint density at radius 3 is 2.71 bits per heavy atom. The highest BCUT2D eigenvalue weighted by Crippen LogP contribution is 2.39. The van der Waals surface area contributed by atoms with Crippen LogP contribution in [0.2, 0.25) is 0 Å². The Morgan fingerprint density at radius 1 is 1.42 bits per heavy atom. The minimum atomic E-state index is -0.123. The van der Waals surface area contributed by atoms with Gasteiger partial charge in [0.2, 0.25) is 0 Å². The van der Waals surface area contributed by atoms with Crippen molar-refractivity contribution >= 4 is 51.9 Å². The Bertz CT molecular complexity index is 720. The molecule has 0 saturated carbocycles. The third-order valence-electron chi connectivity index (χ3n) is 4.24. The van der Waals surface area contributed by atoms with Crippen molar-refractivity contribution in [1.29, 1.82) is 0 Å². The molecule has 1 aromatic rings. The number of hydrogen-bond acceptors (Lipinski definition) is 4. The lowest BCUT2D eigenvalue weighted by Crippen LogP contribution is -2.44. The molecule has 0 bridgehead atoms. The van der Waals surface area contributed by atoms with Gasteiger partial charge in [-0.05, 0) is 57.0 Å². The van der Waals surface area contributed by atoms with Crippen molar-refractivity contribution in [2.24, 2.45) is 0 Å². The summed E-state index contributed by atoms with van der Waals surface area (Å²) in [6, 6.07) is 6.35. The molecular weight excluding hydrogens is 336 g/mol. The number of rotatable bonds is 5. The number of thiocarbonyl (C=S) groups is 1. The van der Waals surface area contributed by atoms with Crippen molar-refractivity contribution in [1.82, 2.24) is 5.32 Å². The highest BCUT2D eigenvalue weighted by molar-refractivity contribution is 8.24. The fraction of sp³-hybridized carbons (Fsp3) is 0.368. The van der Waals surface area contributed by atoms with Crippen molar-refractivity contribution in [3.05, 3.63) is 40.3 Å². The molecule has 2 rings (SSSR count). The van der Waals surface area contributed by atoms with Crippen LogP contribution in [0.15, 0.2) is 29.2 Å². The molecule has 1 heterocycles. The smallest absolute Gasteiger partial charge is 0.257 e. The van der Waals surface area contributed by atoms with Gasteiger partial charge in [-0.2, -0.15) is 0 Å². The van der Waals surface area contributed by atoms with Gasteiger partial charge in [-0.25, -0.2) is 0 Å². The van der Waals surface area contributed by atoms with Crippen LogP contribution in [0.25, 0.3) is 11.6 Å². The molecular formula is C19H24N2OS2. The molecule has 0 unspecified atom stereocenters. The largest absolute Gasteiger partial charge is 0.363 e. The van der Waals surface area contributed by atoms with Gasteiger partial charge in [-0.1, -0.05) is 36.1 Å². The van der Waals surface area contributed by atoms with Crippen LogP contribution in [0.4, 0.5) is 5.69 Å². The summed E-state index contributed by atoms with van der Waals surface area (Å²) in [7, 11) is 1.63. The Balaban J connectivity index is 2.50. The number of likely N-dealkylation sites (N-methyl/N-ethyl adjacent to an activating group) is 2. The maximum absolute atomic E-state index is 12.0. The zero-order chi connectivity index (χ0) is 17.9. The highest BCUT2D eigenvalue weighted by Gasteiger charge is 2.29. The molecule has 0 aromatic heterocycles. The fourth-order valence-corrected chi connectivity index (χ4v) is 4.08. The fourth-order valence-electron chi connectivity index (χ4n) is 3.25. The molecule has 5 heteroatoms. The number of nitrogens with one attached hydrogen (secondary N) is 1. The summed E-state index contributed by atoms with van der Waals surface area (Å²) in [5.74, 6) is -0.123. The molecule has 0 radical (unpaired) electrons. The second kappa shape index (κ2) is 7.53. The number of hydrogen-bond donors (Lipinski definition) is 1. The molecule has 0 spiro atoms. The van der Waals surface area contributed by atoms with E-state index in [2.05, 4.69) is 62.2 Å². The van der Waals surface area contributed by atoms with E-state index in [9.17, 15) is 4.79 Å². The van der Waals surface area contributed by atoms with E-state index in [1.165, 1.54) is 33.3 Å². The van der Waals surface area contributed by atoms with Gasteiger partial charge in [0.1, 0.15) is 0 Å². The number of carbonyl (C=O) groups is 1. The summed E-state index contributed by atoms with van der Waals surface area (Å²) in [5, 5.41) is 2.65. The van der Waals surface area contributed by atoms with E-state index in [1.54, 1.807) is 7.05 Å². The summed E-state index contributed by atoms with van der Waals surface area (Å²) >= 11 is 6.15. The van der Waals surface area contributed by atoms with Crippen molar-refractivity contribution < 1.29 is 4.79 Å². The van der Waals surface area contributed by atoms with Gasteiger partial charge < -0.3 is 10.2 Å². The quantitative estimate of drug-likeness (QED) is 0.619. The first-order valence-corrected chi connectivity index (χ1v) is 9.34. The molecule has 0 saturated heterocycles. The number of amides is 1. The summed E-state index contributed by atoms with van der Waals surface area (Å²) < 4.78 is 1.51. The molecule has 0 aliphatic carbocycles. The van der Waals surface area contributed by atoms with Crippen LogP contribution >= 0.6 is 24.0 Å². The normalized spacial score (nSPS) is 16.3. The molecule has 1 N–H and O–H groups in total. The lowest BCUT2D eigenvalue weighted by atomic mass is 9.88. The first-order valence-electron chi connectivity index (χ1n) is 7.99. The van der Waals surface area contributed by atoms with Crippen molar-refractivity contribution in [2.75, 3.05) is 18.5 Å². The van der Waals surface area contributed by atoms with E-state index in [0.717, 1.165) is 12.1 Å². The number of carbonyl (C=O) groups excluding carboxylic acids is 1. The number of fused-ring (bicyclic) bond motifs is 1. The SMILES string of the molecule is CCN1c2ccc(/C=C(\SC=S)C(=O)NC)cc2C(C)=CC1(C)C. The third kappa shape index (κ3) is 3.73. The maximum atomic E-state index is 12.0. The lowest BCUT2D eigenvalue weighted by Gasteiger charge is -2.42. The maximum Gasteiger partial charge on any atom is 0.257 e. The number of anilines is 1. The monoisotopic (exact) mass is 360 g/mol. The summed E-state index contributed by atoms with van der Waals surface area (Å²) in [5.41, 5.74) is 4.72. The third-order valence-corrected chi connectivity index (χ3v) is 5.18. The van der Waals surface area contributed by atoms with Gasteiger partial charge in [0.15, 0.2) is 0 Å². The number of thioether (sulfide) groups is 1. The van der Waals surface area contributed by atoms with Crippen LogP contribution in [0.5, 0.6) is 0 Å². The van der Waals surface area contributed by atoms with E-state index >= 15 is 0 Å². The van der Waals surface area contributed by atoms with Crippen LogP contribution in [-0.2, 0) is 4.79 Å². The zero-order valence-electron chi connectivity index (χ0n) is 14.8. The van der Waals surface area contributed by atoms with Crippen LogP contribution < -0.4 is 10.2 Å². The van der Waals surface area contributed by atoms with Crippen LogP contribution in [0.1, 0.15) is 38.8 Å². The Morgan fingerprint density at radius 2 is 2.12 bits per heavy atom. The minimum Gasteiger partial charge on any atom is -0.363 e. The standard InChI is InChI=1S/C19H24N2OS2/c1-6-21-16-8-7-14(10-17(24-12-23)18(22)20-5)9-15(16)13(2)11-19(21,3)4/h7-12H,6H2,1-5H3,(H,20,22)/b17-10-. The van der Waals surface area contributed by atoms with E-state index in [0.29, 0.717) is 4.91 Å². The van der Waals surface area contributed by atoms with Crippen molar-refractivity contribution in [2.45, 2.75) is 33.2 Å². The van der Waals surface area contributed by atoms with Crippen LogP contribution in [-0.4, -0.2) is 29.7 Å². The first-order chi connectivity index (χ1) is 11.3. The zero-order valence-corrected chi connectivity index (χ0v) is 16.5. The van der Waals surface area contributed by atoms with E-state index in [-0.39, 0.29) is 11.4 Å². The molecule has 128 valence electrons. The predicted molar refractivity (Wildman–Crippen MR) is 110 cm³/mol. The van der Waals surface area contributed by atoms with Gasteiger partial charge >= 0.3 is 0 Å². The van der Waals surface area contributed by atoms with Gasteiger partial charge in [0, 0.05) is 29.5 Å². The van der Waals surface area contributed by atoms with E-state index < -0.39 is 0 Å². The molecule has 3 nitrogen and oxygen atoms in total. The Hall–Kier alpha value is -1.59. The van der Waals surface area contributed by atoms with E-state index in [4.69, 9.17) is 12.2 Å². The summed E-state index contributed by atoms with van der Waals surface area (Å²) in [6.07, 6.45) is 4.19. The lowest BCUT2D eigenvalue weighted by molar-refractivity contribution is -0.116. The van der Waals surface area contributed by atoms with Crippen LogP contribution in [0.3, 0.4) is 0 Å². The second-order valence-corrected chi connectivity index (χ2v) is 7.75. The van der Waals surface area contributed by atoms with Gasteiger partial charge in [-0.3, -0.25) is 4.79 Å². The summed E-state index contributed by atoms with van der Waals surface area (Å²) in [4.78, 5) is 14.9. The summed E-state index contributed by atoms with van der Waals surface area (Å²) in [6.45, 7) is 9.73. The molecule has 1 aliphatic heterocycles. The van der Waals surface area contributed by atoms with Gasteiger partial charge in [0.05, 0.1) is 10.4 Å². The molecule has 0 atom stereocenters. The second-order valence-electron chi connectivity index (χ2n) is 6.30. The van der Waals surface area contributed by atoms with Gasteiger partial charge in [0.25, 0.3) is 5.91 Å². The van der Waals surface area contributed by atoms with Crippen molar-refractivity contribution in [3.8, 4) is 0 Å². The number of benzene rings is 1. The number of allylic oxidation sites excluding steroid dienone is 1.